The summed E-state index contributed by atoms with van der Waals surface area (Å²) in [5.74, 6) is -0.215. The molecular formula is C18H13NO3. The van der Waals surface area contributed by atoms with Crippen LogP contribution in [0.5, 0.6) is 5.75 Å². The number of H-pyrrole nitrogens is 1. The van der Waals surface area contributed by atoms with Gasteiger partial charge in [0.05, 0.1) is 18.4 Å². The standard InChI is InChI=1S/C18H13NO3/c1-9-7-12-11(8-14(9)22-2)16-15(18(21)17(12)20)10-5-3-4-6-13(10)19-16/h3-8,19H,1-2H3. The molecule has 3 aromatic rings. The normalized spacial score (nSPS) is 13.2. The van der Waals surface area contributed by atoms with Gasteiger partial charge in [-0.2, -0.15) is 0 Å². The van der Waals surface area contributed by atoms with Gasteiger partial charge in [0.2, 0.25) is 11.6 Å². The third kappa shape index (κ3) is 1.52. The van der Waals surface area contributed by atoms with Crippen LogP contribution in [0.1, 0.15) is 26.3 Å². The van der Waals surface area contributed by atoms with E-state index in [9.17, 15) is 9.59 Å². The van der Waals surface area contributed by atoms with Gasteiger partial charge in [0.25, 0.3) is 0 Å². The summed E-state index contributed by atoms with van der Waals surface area (Å²) in [4.78, 5) is 28.3. The molecule has 0 unspecified atom stereocenters. The Bertz CT molecular complexity index is 966. The van der Waals surface area contributed by atoms with Crippen LogP contribution in [0.4, 0.5) is 0 Å². The maximum Gasteiger partial charge on any atom is 0.236 e. The molecule has 2 aromatic carbocycles. The number of aromatic nitrogens is 1. The van der Waals surface area contributed by atoms with E-state index in [4.69, 9.17) is 4.74 Å². The first-order valence-corrected chi connectivity index (χ1v) is 7.00. The Hall–Kier alpha value is -2.88. The molecule has 1 aliphatic carbocycles. The third-order valence-electron chi connectivity index (χ3n) is 4.19. The Labute approximate surface area is 126 Å². The highest BCUT2D eigenvalue weighted by atomic mass is 16.5. The van der Waals surface area contributed by atoms with E-state index in [2.05, 4.69) is 4.98 Å². The molecule has 1 N–H and O–H groups in total. The smallest absolute Gasteiger partial charge is 0.236 e. The van der Waals surface area contributed by atoms with Crippen LogP contribution in [0.3, 0.4) is 0 Å². The SMILES string of the molecule is COc1cc2c(cc1C)C(=O)C(=O)c1c-2[nH]c2ccccc12. The summed E-state index contributed by atoms with van der Waals surface area (Å²) in [6.45, 7) is 1.86. The van der Waals surface area contributed by atoms with Crippen molar-refractivity contribution in [2.75, 3.05) is 7.11 Å². The molecule has 0 fully saturated rings. The topological polar surface area (TPSA) is 59.2 Å². The Kier molecular flexibility index (Phi) is 2.51. The summed E-state index contributed by atoms with van der Waals surface area (Å²) < 4.78 is 5.35. The van der Waals surface area contributed by atoms with E-state index in [0.717, 1.165) is 22.0 Å². The van der Waals surface area contributed by atoms with Crippen molar-refractivity contribution < 1.29 is 14.3 Å². The molecule has 1 aliphatic rings. The summed E-state index contributed by atoms with van der Waals surface area (Å²) in [5.41, 5.74) is 3.99. The highest BCUT2D eigenvalue weighted by Gasteiger charge is 2.34. The molecule has 0 saturated heterocycles. The van der Waals surface area contributed by atoms with Crippen LogP contribution >= 0.6 is 0 Å². The first-order valence-electron chi connectivity index (χ1n) is 7.00. The van der Waals surface area contributed by atoms with Crippen molar-refractivity contribution in [3.63, 3.8) is 0 Å². The number of methoxy groups -OCH3 is 1. The number of aryl methyl sites for hydroxylation is 1. The Morgan fingerprint density at radius 2 is 1.77 bits per heavy atom. The molecule has 0 radical (unpaired) electrons. The molecule has 0 saturated carbocycles. The number of para-hydroxylation sites is 1. The molecule has 0 bridgehead atoms. The van der Waals surface area contributed by atoms with Gasteiger partial charge in [-0.1, -0.05) is 18.2 Å². The fourth-order valence-electron chi connectivity index (χ4n) is 3.12. The van der Waals surface area contributed by atoms with E-state index in [1.54, 1.807) is 13.2 Å². The Morgan fingerprint density at radius 1 is 1.00 bits per heavy atom. The molecule has 0 aliphatic heterocycles. The quantitative estimate of drug-likeness (QED) is 0.698. The number of carbonyl (C=O) groups excluding carboxylic acids is 2. The average Bonchev–Trinajstić information content (AvgIpc) is 2.92. The number of ether oxygens (including phenoxy) is 1. The number of carbonyl (C=O) groups is 2. The predicted molar refractivity (Wildman–Crippen MR) is 83.7 cm³/mol. The van der Waals surface area contributed by atoms with E-state index >= 15 is 0 Å². The molecule has 0 spiro atoms. The van der Waals surface area contributed by atoms with Gasteiger partial charge in [-0.15, -0.1) is 0 Å². The maximum absolute atomic E-state index is 12.5. The van der Waals surface area contributed by atoms with Crippen molar-refractivity contribution in [3.8, 4) is 17.0 Å². The number of hydrogen-bond donors (Lipinski definition) is 1. The van der Waals surface area contributed by atoms with Crippen LogP contribution in [-0.2, 0) is 0 Å². The van der Waals surface area contributed by atoms with Crippen LogP contribution in [0, 0.1) is 6.92 Å². The van der Waals surface area contributed by atoms with Gasteiger partial charge in [-0.3, -0.25) is 9.59 Å². The second-order valence-corrected chi connectivity index (χ2v) is 5.45. The zero-order valence-corrected chi connectivity index (χ0v) is 12.2. The lowest BCUT2D eigenvalue weighted by molar-refractivity contribution is 0.0816. The molecule has 22 heavy (non-hydrogen) atoms. The van der Waals surface area contributed by atoms with E-state index < -0.39 is 11.6 Å². The monoisotopic (exact) mass is 291 g/mol. The average molecular weight is 291 g/mol. The van der Waals surface area contributed by atoms with Gasteiger partial charge in [-0.05, 0) is 30.7 Å². The van der Waals surface area contributed by atoms with E-state index in [1.807, 2.05) is 37.3 Å². The summed E-state index contributed by atoms with van der Waals surface area (Å²) >= 11 is 0. The van der Waals surface area contributed by atoms with Gasteiger partial charge in [0.15, 0.2) is 0 Å². The number of hydrogen-bond acceptors (Lipinski definition) is 3. The summed E-state index contributed by atoms with van der Waals surface area (Å²) in [5, 5.41) is 0.779. The lowest BCUT2D eigenvalue weighted by Gasteiger charge is -2.17. The number of aromatic amines is 1. The van der Waals surface area contributed by atoms with Crippen molar-refractivity contribution >= 4 is 22.5 Å². The van der Waals surface area contributed by atoms with E-state index in [1.165, 1.54) is 0 Å². The maximum atomic E-state index is 12.5. The van der Waals surface area contributed by atoms with Crippen molar-refractivity contribution in [1.82, 2.24) is 4.98 Å². The minimum Gasteiger partial charge on any atom is -0.496 e. The minimum absolute atomic E-state index is 0.433. The molecule has 1 aromatic heterocycles. The molecule has 108 valence electrons. The predicted octanol–water partition coefficient (Wildman–Crippen LogP) is 3.53. The van der Waals surface area contributed by atoms with Crippen molar-refractivity contribution in [2.45, 2.75) is 6.92 Å². The van der Waals surface area contributed by atoms with E-state index in [0.29, 0.717) is 22.6 Å². The summed E-state index contributed by atoms with van der Waals surface area (Å²) in [6, 6.07) is 11.1. The molecule has 4 rings (SSSR count). The number of Topliss-reactive ketones (excluding diaryl/α,β-unsaturated/α-hetero) is 2. The van der Waals surface area contributed by atoms with Crippen molar-refractivity contribution in [3.05, 3.63) is 53.1 Å². The first-order chi connectivity index (χ1) is 10.6. The zero-order valence-electron chi connectivity index (χ0n) is 12.2. The number of benzene rings is 2. The molecule has 4 heteroatoms. The number of fused-ring (bicyclic) bond motifs is 5. The molecule has 4 nitrogen and oxygen atoms in total. The fourth-order valence-corrected chi connectivity index (χ4v) is 3.12. The number of rotatable bonds is 1. The molecule has 0 amide bonds. The second kappa shape index (κ2) is 4.31. The summed E-state index contributed by atoms with van der Waals surface area (Å²) in [6.07, 6.45) is 0. The largest absolute Gasteiger partial charge is 0.496 e. The van der Waals surface area contributed by atoms with Crippen LogP contribution in [0.2, 0.25) is 0 Å². The second-order valence-electron chi connectivity index (χ2n) is 5.45. The highest BCUT2D eigenvalue weighted by Crippen LogP contribution is 2.40. The number of nitrogens with one attached hydrogen (secondary N) is 1. The molecule has 0 atom stereocenters. The Balaban J connectivity index is 2.14. The van der Waals surface area contributed by atoms with Crippen LogP contribution < -0.4 is 4.74 Å². The lowest BCUT2D eigenvalue weighted by Crippen LogP contribution is -2.21. The van der Waals surface area contributed by atoms with Gasteiger partial charge < -0.3 is 9.72 Å². The van der Waals surface area contributed by atoms with Gasteiger partial charge in [0, 0.05) is 22.0 Å². The Morgan fingerprint density at radius 3 is 2.55 bits per heavy atom. The third-order valence-corrected chi connectivity index (χ3v) is 4.19. The molecule has 1 heterocycles. The summed E-state index contributed by atoms with van der Waals surface area (Å²) in [7, 11) is 1.59. The lowest BCUT2D eigenvalue weighted by atomic mass is 9.86. The van der Waals surface area contributed by atoms with Crippen LogP contribution in [-0.4, -0.2) is 23.7 Å². The molecular weight excluding hydrogens is 278 g/mol. The van der Waals surface area contributed by atoms with Crippen molar-refractivity contribution in [1.29, 1.82) is 0 Å². The van der Waals surface area contributed by atoms with Gasteiger partial charge in [-0.25, -0.2) is 0 Å². The van der Waals surface area contributed by atoms with Crippen LogP contribution in [0.25, 0.3) is 22.2 Å². The highest BCUT2D eigenvalue weighted by molar-refractivity contribution is 6.54. The minimum atomic E-state index is -0.460. The number of ketones is 2. The van der Waals surface area contributed by atoms with Crippen molar-refractivity contribution in [2.24, 2.45) is 0 Å². The van der Waals surface area contributed by atoms with Crippen LogP contribution in [0.15, 0.2) is 36.4 Å². The van der Waals surface area contributed by atoms with Gasteiger partial charge >= 0.3 is 0 Å². The van der Waals surface area contributed by atoms with E-state index in [-0.39, 0.29) is 0 Å². The van der Waals surface area contributed by atoms with Gasteiger partial charge in [0.1, 0.15) is 5.75 Å². The first kappa shape index (κ1) is 12.8. The zero-order chi connectivity index (χ0) is 15.4. The fraction of sp³-hybridized carbons (Fsp3) is 0.111.